The second kappa shape index (κ2) is 9.17. The molecular weight excluding hydrogens is 518 g/mol. The monoisotopic (exact) mass is 541 g/mol. The highest BCUT2D eigenvalue weighted by atomic mass is 19.4. The Morgan fingerprint density at radius 3 is 2.59 bits per heavy atom. The van der Waals surface area contributed by atoms with Crippen LogP contribution in [0.1, 0.15) is 47.8 Å². The van der Waals surface area contributed by atoms with Crippen LogP contribution in [0.2, 0.25) is 0 Å². The van der Waals surface area contributed by atoms with Crippen molar-refractivity contribution in [3.63, 3.8) is 0 Å². The Bertz CT molecular complexity index is 1590. The normalized spacial score (nSPS) is 15.5. The number of ether oxygens (including phenoxy) is 1. The molecule has 0 saturated heterocycles. The molecule has 1 amide bonds. The Labute approximate surface area is 220 Å². The predicted octanol–water partition coefficient (Wildman–Crippen LogP) is 4.82. The van der Waals surface area contributed by atoms with E-state index in [9.17, 15) is 18.0 Å². The lowest BCUT2D eigenvalue weighted by molar-refractivity contribution is -0.142. The zero-order valence-electron chi connectivity index (χ0n) is 21.0. The van der Waals surface area contributed by atoms with E-state index in [1.165, 1.54) is 37.4 Å². The lowest BCUT2D eigenvalue weighted by Gasteiger charge is -2.27. The number of aromatic nitrogens is 6. The second-order valence-corrected chi connectivity index (χ2v) is 9.62. The molecule has 9 nitrogen and oxygen atoms in total. The molecule has 3 aromatic heterocycles. The fourth-order valence-electron chi connectivity index (χ4n) is 4.88. The first kappa shape index (κ1) is 25.0. The summed E-state index contributed by atoms with van der Waals surface area (Å²) in [5, 5.41) is 8.53. The molecule has 2 aliphatic rings. The maximum Gasteiger partial charge on any atom is 0.433 e. The number of benzene rings is 1. The van der Waals surface area contributed by atoms with Crippen molar-refractivity contribution in [1.29, 1.82) is 0 Å². The quantitative estimate of drug-likeness (QED) is 0.326. The summed E-state index contributed by atoms with van der Waals surface area (Å²) in [4.78, 5) is 23.1. The summed E-state index contributed by atoms with van der Waals surface area (Å²) in [6, 6.07) is 6.46. The molecule has 1 fully saturated rings. The average Bonchev–Trinajstić information content (AvgIpc) is 3.53. The third-order valence-electron chi connectivity index (χ3n) is 6.83. The minimum atomic E-state index is -4.70. The molecule has 0 unspecified atom stereocenters. The molecule has 39 heavy (non-hydrogen) atoms. The van der Waals surface area contributed by atoms with Crippen LogP contribution < -0.4 is 9.64 Å². The molecule has 4 aromatic rings. The van der Waals surface area contributed by atoms with Crippen molar-refractivity contribution in [3.8, 4) is 22.8 Å². The molecule has 13 heteroatoms. The first-order chi connectivity index (χ1) is 18.6. The fraction of sp³-hybridized carbons (Fsp3) is 0.346. The van der Waals surface area contributed by atoms with Crippen LogP contribution in [-0.2, 0) is 24.1 Å². The number of fused-ring (bicyclic) bond motifs is 1. The van der Waals surface area contributed by atoms with E-state index in [1.54, 1.807) is 10.7 Å². The average molecular weight is 542 g/mol. The summed E-state index contributed by atoms with van der Waals surface area (Å²) >= 11 is 0. The standard InChI is InChI=1S/C26H23F4N7O2/c1-14-9-20(26(28,29)30)37(33-14)19-6-3-15(10-17(19)27)12-35-21-11-18(34-36(21)8-7-22(35)38)23-24(16-4-5-16)31-13-32-25(23)39-2/h3,6,9-11,13,16H,4-5,7-8,12H2,1-2H3. The molecule has 1 aliphatic carbocycles. The van der Waals surface area contributed by atoms with Crippen molar-refractivity contribution < 1.29 is 27.1 Å². The van der Waals surface area contributed by atoms with Crippen molar-refractivity contribution in [3.05, 3.63) is 65.1 Å². The summed E-state index contributed by atoms with van der Waals surface area (Å²) in [5.41, 5.74) is 1.21. The number of anilines is 1. The lowest BCUT2D eigenvalue weighted by atomic mass is 10.1. The molecule has 1 aliphatic heterocycles. The summed E-state index contributed by atoms with van der Waals surface area (Å²) in [5.74, 6) is 0.135. The minimum absolute atomic E-state index is 0.00331. The van der Waals surface area contributed by atoms with E-state index in [0.29, 0.717) is 45.7 Å². The highest BCUT2D eigenvalue weighted by molar-refractivity contribution is 5.94. The van der Waals surface area contributed by atoms with E-state index >= 15 is 4.39 Å². The number of amides is 1. The van der Waals surface area contributed by atoms with Gasteiger partial charge in [-0.2, -0.15) is 23.4 Å². The Morgan fingerprint density at radius 2 is 1.90 bits per heavy atom. The Hall–Kier alpha value is -4.29. The van der Waals surface area contributed by atoms with Gasteiger partial charge in [0.05, 0.1) is 37.2 Å². The zero-order valence-corrected chi connectivity index (χ0v) is 21.0. The van der Waals surface area contributed by atoms with Crippen LogP contribution in [0.3, 0.4) is 0 Å². The van der Waals surface area contributed by atoms with Crippen LogP contribution in [0, 0.1) is 12.7 Å². The van der Waals surface area contributed by atoms with E-state index in [4.69, 9.17) is 9.84 Å². The van der Waals surface area contributed by atoms with Gasteiger partial charge in [-0.05, 0) is 43.5 Å². The third kappa shape index (κ3) is 4.51. The summed E-state index contributed by atoms with van der Waals surface area (Å²) in [7, 11) is 1.52. The van der Waals surface area contributed by atoms with Crippen molar-refractivity contribution in [2.24, 2.45) is 0 Å². The molecule has 1 aromatic carbocycles. The van der Waals surface area contributed by atoms with Gasteiger partial charge in [-0.3, -0.25) is 9.69 Å². The van der Waals surface area contributed by atoms with Gasteiger partial charge in [0.25, 0.3) is 0 Å². The summed E-state index contributed by atoms with van der Waals surface area (Å²) in [6.07, 6.45) is -1.03. The predicted molar refractivity (Wildman–Crippen MR) is 131 cm³/mol. The van der Waals surface area contributed by atoms with E-state index < -0.39 is 17.7 Å². The molecule has 202 valence electrons. The van der Waals surface area contributed by atoms with E-state index in [1.807, 2.05) is 0 Å². The fourth-order valence-corrected chi connectivity index (χ4v) is 4.88. The maximum absolute atomic E-state index is 15.1. The smallest absolute Gasteiger partial charge is 0.433 e. The van der Waals surface area contributed by atoms with Gasteiger partial charge < -0.3 is 4.74 Å². The van der Waals surface area contributed by atoms with Crippen molar-refractivity contribution in [2.45, 2.75) is 51.4 Å². The molecule has 0 atom stereocenters. The Kier molecular flexibility index (Phi) is 5.88. The number of methoxy groups -OCH3 is 1. The van der Waals surface area contributed by atoms with Crippen LogP contribution in [-0.4, -0.2) is 42.5 Å². The summed E-state index contributed by atoms with van der Waals surface area (Å²) < 4.78 is 63.2. The first-order valence-corrected chi connectivity index (χ1v) is 12.3. The molecule has 0 bridgehead atoms. The molecule has 4 heterocycles. The Balaban J connectivity index is 1.33. The second-order valence-electron chi connectivity index (χ2n) is 9.62. The highest BCUT2D eigenvalue weighted by Gasteiger charge is 2.37. The SMILES string of the molecule is COc1ncnc(C2CC2)c1-c1cc2n(n1)CCC(=O)N2Cc1ccc(-n2nc(C)cc2C(F)(F)F)c(F)c1. The topological polar surface area (TPSA) is 91.0 Å². The Morgan fingerprint density at radius 1 is 1.10 bits per heavy atom. The number of halogens is 4. The van der Waals surface area contributed by atoms with Gasteiger partial charge in [0.2, 0.25) is 11.8 Å². The van der Waals surface area contributed by atoms with E-state index in [2.05, 4.69) is 15.1 Å². The maximum atomic E-state index is 15.1. The number of aryl methyl sites for hydroxylation is 2. The minimum Gasteiger partial charge on any atom is -0.480 e. The summed E-state index contributed by atoms with van der Waals surface area (Å²) in [6.45, 7) is 1.77. The number of nitrogens with zero attached hydrogens (tertiary/aromatic N) is 7. The van der Waals surface area contributed by atoms with Gasteiger partial charge >= 0.3 is 6.18 Å². The van der Waals surface area contributed by atoms with Crippen LogP contribution in [0.4, 0.5) is 23.4 Å². The zero-order chi connectivity index (χ0) is 27.5. The van der Waals surface area contributed by atoms with Crippen molar-refractivity contribution in [1.82, 2.24) is 29.5 Å². The van der Waals surface area contributed by atoms with Gasteiger partial charge in [0.1, 0.15) is 35.0 Å². The molecular formula is C26H23F4N7O2. The van der Waals surface area contributed by atoms with Gasteiger partial charge in [-0.1, -0.05) is 6.07 Å². The number of hydrogen-bond acceptors (Lipinski definition) is 6. The lowest BCUT2D eigenvalue weighted by Crippen LogP contribution is -2.37. The molecule has 0 radical (unpaired) electrons. The van der Waals surface area contributed by atoms with Crippen LogP contribution in [0.25, 0.3) is 16.9 Å². The van der Waals surface area contributed by atoms with E-state index in [0.717, 1.165) is 30.7 Å². The molecule has 0 N–H and O–H groups in total. The van der Waals surface area contributed by atoms with Gasteiger partial charge in [0, 0.05) is 18.4 Å². The van der Waals surface area contributed by atoms with Crippen LogP contribution in [0.15, 0.2) is 36.7 Å². The number of alkyl halides is 3. The first-order valence-electron chi connectivity index (χ1n) is 12.3. The number of hydrogen-bond donors (Lipinski definition) is 0. The number of carbonyl (C=O) groups excluding carboxylic acids is 1. The largest absolute Gasteiger partial charge is 0.480 e. The molecule has 6 rings (SSSR count). The number of carbonyl (C=O) groups is 1. The van der Waals surface area contributed by atoms with Crippen molar-refractivity contribution in [2.75, 3.05) is 12.0 Å². The molecule has 1 saturated carbocycles. The van der Waals surface area contributed by atoms with Crippen molar-refractivity contribution >= 4 is 11.7 Å². The van der Waals surface area contributed by atoms with E-state index in [-0.39, 0.29) is 30.3 Å². The van der Waals surface area contributed by atoms with Crippen LogP contribution >= 0.6 is 0 Å². The molecule has 0 spiro atoms. The van der Waals surface area contributed by atoms with Gasteiger partial charge in [-0.15, -0.1) is 0 Å². The third-order valence-corrected chi connectivity index (χ3v) is 6.83. The van der Waals surface area contributed by atoms with Gasteiger partial charge in [0.15, 0.2) is 0 Å². The van der Waals surface area contributed by atoms with Gasteiger partial charge in [-0.25, -0.2) is 23.7 Å². The number of rotatable bonds is 6. The van der Waals surface area contributed by atoms with Crippen LogP contribution in [0.5, 0.6) is 5.88 Å². The highest BCUT2D eigenvalue weighted by Crippen LogP contribution is 2.46.